The zero-order valence-electron chi connectivity index (χ0n) is 73.1. The number of hydrogen-bond acceptors (Lipinski definition) is 0. The molecule has 12 aromatic carbocycles. The lowest BCUT2D eigenvalue weighted by Crippen LogP contribution is -1.90. The van der Waals surface area contributed by atoms with Crippen LogP contribution in [0.15, 0.2) is 273 Å². The Hall–Kier alpha value is -7.21. The third-order valence-electron chi connectivity index (χ3n) is 15.0. The lowest BCUT2D eigenvalue weighted by atomic mass is 9.95. The highest BCUT2D eigenvalue weighted by Gasteiger charge is 2.09. The number of rotatable bonds is 9. The molecule has 0 aliphatic rings. The fourth-order valence-corrected chi connectivity index (χ4v) is 11.3. The minimum Gasteiger partial charge on any atom is -0.133 e. The molecule has 0 aromatic heterocycles. The molecule has 0 amide bonds. The van der Waals surface area contributed by atoms with Gasteiger partial charge < -0.3 is 0 Å². The van der Waals surface area contributed by atoms with E-state index in [2.05, 4.69) is 361 Å². The first-order valence-corrected chi connectivity index (χ1v) is 43.6. The summed E-state index contributed by atoms with van der Waals surface area (Å²) in [6.07, 6.45) is 0.975. The van der Waals surface area contributed by atoms with Crippen molar-refractivity contribution in [3.8, 4) is 89.0 Å². The second kappa shape index (κ2) is 67.9. The lowest BCUT2D eigenvalue weighted by molar-refractivity contribution is 1.34. The van der Waals surface area contributed by atoms with E-state index in [0.717, 1.165) is 6.16 Å². The summed E-state index contributed by atoms with van der Waals surface area (Å²) in [5.74, 6) is 0. The highest BCUT2D eigenvalue weighted by molar-refractivity contribution is 7.28. The number of aryl methyl sites for hydroxylation is 6. The Morgan fingerprint density at radius 3 is 0.694 bits per heavy atom. The third-order valence-corrected chi connectivity index (χ3v) is 17.0. The number of hydrogen-bond donors (Lipinski definition) is 0. The molecular weight excluding hydrogens is 1390 g/mol. The van der Waals surface area contributed by atoms with E-state index in [-0.39, 0.29) is 0 Å². The molecule has 0 spiro atoms. The van der Waals surface area contributed by atoms with Crippen LogP contribution < -0.4 is 21.2 Å². The standard InChI is InChI=1S/C20H20P2.2C20H19P.C19H17P.12C2H6/c1-14-5-10-20(18(11-14)13-21)17-4-2-3-16(12-17)15-6-8-19(22)9-7-15;1-14-10-15(2)12-19(11-14)18-5-3-4-17(13-18)16-6-8-20(21)9-7-16;1-14-6-7-19(12-15(14)2)18-5-3-4-17(13-18)16-8-10-20(21)11-9-16;1-14-5-7-15(8-6-14)17-3-2-4-18(13-17)16-9-11-19(20)12-10-16;12*1-2/h2-12H,13,21-22H2,1H3;2*3-13H,21H2,1-2H3;2-13H,20H2,1H3;12*1-2H3. The molecule has 108 heavy (non-hydrogen) atoms. The van der Waals surface area contributed by atoms with Crippen molar-refractivity contribution in [1.29, 1.82) is 0 Å². The van der Waals surface area contributed by atoms with Crippen LogP contribution in [0.25, 0.3) is 89.0 Å². The van der Waals surface area contributed by atoms with Crippen LogP contribution in [0, 0.1) is 41.5 Å². The molecule has 12 aromatic rings. The van der Waals surface area contributed by atoms with Crippen LogP contribution in [0.5, 0.6) is 0 Å². The molecular formula is C103H147P5. The Morgan fingerprint density at radius 1 is 0.176 bits per heavy atom. The summed E-state index contributed by atoms with van der Waals surface area (Å²) < 4.78 is 0. The molecule has 0 fully saturated rings. The van der Waals surface area contributed by atoms with Crippen LogP contribution in [0.4, 0.5) is 0 Å². The van der Waals surface area contributed by atoms with E-state index in [1.807, 2.05) is 166 Å². The molecule has 5 unspecified atom stereocenters. The van der Waals surface area contributed by atoms with E-state index in [0.29, 0.717) is 0 Å². The van der Waals surface area contributed by atoms with Gasteiger partial charge in [-0.25, -0.2) is 0 Å². The first kappa shape index (κ1) is 107. The van der Waals surface area contributed by atoms with E-state index in [1.54, 1.807) is 0 Å². The second-order valence-corrected chi connectivity index (χ2v) is 24.8. The van der Waals surface area contributed by atoms with Crippen molar-refractivity contribution in [2.24, 2.45) is 0 Å². The van der Waals surface area contributed by atoms with Gasteiger partial charge in [0.15, 0.2) is 0 Å². The van der Waals surface area contributed by atoms with Gasteiger partial charge in [-0.3, -0.25) is 0 Å². The van der Waals surface area contributed by atoms with E-state index < -0.39 is 0 Å². The Bertz CT molecular complexity index is 4040. The van der Waals surface area contributed by atoms with Gasteiger partial charge in [0.05, 0.1) is 0 Å². The van der Waals surface area contributed by atoms with Gasteiger partial charge in [-0.2, -0.15) is 0 Å². The number of benzene rings is 12. The van der Waals surface area contributed by atoms with Crippen LogP contribution in [0.3, 0.4) is 0 Å². The highest BCUT2D eigenvalue weighted by Crippen LogP contribution is 2.33. The largest absolute Gasteiger partial charge is 0.133 e. The SMILES string of the molecule is CC.CC.CC.CC.CC.CC.CC.CC.CC.CC.CC.CC.Cc1cc(C)cc(-c2cccc(-c3ccc(P)cc3)c2)c1.Cc1ccc(-c2cccc(-c3ccc(P)cc3)c2)c(CP)c1.Cc1ccc(-c2cccc(-c3ccc(P)cc3)c2)cc1.Cc1ccc(-c2cccc(-c3ccc(P)cc3)c2)cc1C. The van der Waals surface area contributed by atoms with E-state index in [9.17, 15) is 0 Å². The minimum atomic E-state index is 0.975. The molecule has 5 atom stereocenters. The molecule has 0 heterocycles. The smallest absolute Gasteiger partial charge is 0.0122 e. The van der Waals surface area contributed by atoms with Gasteiger partial charge in [-0.05, 0) is 199 Å². The Balaban J connectivity index is -0.000000609. The molecule has 0 N–H and O–H groups in total. The van der Waals surface area contributed by atoms with Gasteiger partial charge in [0.1, 0.15) is 0 Å². The van der Waals surface area contributed by atoms with Crippen LogP contribution in [-0.2, 0) is 6.16 Å². The van der Waals surface area contributed by atoms with Crippen LogP contribution in [0.2, 0.25) is 0 Å². The quantitative estimate of drug-likeness (QED) is 0.126. The van der Waals surface area contributed by atoms with Crippen molar-refractivity contribution in [2.45, 2.75) is 214 Å². The average Bonchev–Trinajstić information content (AvgIpc) is 0.835. The van der Waals surface area contributed by atoms with E-state index in [1.165, 1.54) is 149 Å². The summed E-state index contributed by atoms with van der Waals surface area (Å²) in [6.45, 7) is 60.9. The van der Waals surface area contributed by atoms with Gasteiger partial charge >= 0.3 is 0 Å². The minimum absolute atomic E-state index is 0.975. The third kappa shape index (κ3) is 39.4. The summed E-state index contributed by atoms with van der Waals surface area (Å²) in [5.41, 5.74) is 29.6. The molecule has 5 heteroatoms. The maximum absolute atomic E-state index is 2.84. The van der Waals surface area contributed by atoms with Gasteiger partial charge in [0.25, 0.3) is 0 Å². The predicted molar refractivity (Wildman–Crippen MR) is 525 cm³/mol. The first-order valence-electron chi connectivity index (χ1n) is 40.5. The Labute approximate surface area is 677 Å². The fraction of sp³-hybridized carbons (Fsp3) is 0.301. The summed E-state index contributed by atoms with van der Waals surface area (Å²) in [5, 5.41) is 4.85. The first-order chi connectivity index (χ1) is 52.6. The summed E-state index contributed by atoms with van der Waals surface area (Å²) in [6, 6.07) is 98.1. The van der Waals surface area contributed by atoms with Gasteiger partial charge in [-0.15, -0.1) is 46.2 Å². The van der Waals surface area contributed by atoms with E-state index >= 15 is 0 Å². The fourth-order valence-electron chi connectivity index (χ4n) is 10.2. The van der Waals surface area contributed by atoms with Gasteiger partial charge in [-0.1, -0.05) is 437 Å². The zero-order valence-corrected chi connectivity index (χ0v) is 78.8. The molecule has 584 valence electrons. The summed E-state index contributed by atoms with van der Waals surface area (Å²) in [7, 11) is 13.7. The Morgan fingerprint density at radius 2 is 0.407 bits per heavy atom. The molecule has 0 saturated carbocycles. The Kier molecular flexibility index (Phi) is 67.3. The van der Waals surface area contributed by atoms with Crippen LogP contribution in [0.1, 0.15) is 205 Å². The van der Waals surface area contributed by atoms with Gasteiger partial charge in [0.2, 0.25) is 0 Å². The molecule has 0 bridgehead atoms. The monoisotopic (exact) mass is 1540 g/mol. The average molecular weight is 1540 g/mol. The second-order valence-electron chi connectivity index (χ2n) is 21.7. The van der Waals surface area contributed by atoms with Crippen molar-refractivity contribution in [2.75, 3.05) is 0 Å². The zero-order chi connectivity index (χ0) is 83.1. The summed E-state index contributed by atoms with van der Waals surface area (Å²) in [4.78, 5) is 0. The maximum atomic E-state index is 2.84. The molecule has 0 saturated heterocycles. The maximum Gasteiger partial charge on any atom is -0.0122 e. The highest BCUT2D eigenvalue weighted by atomic mass is 31.0. The van der Waals surface area contributed by atoms with Crippen molar-refractivity contribution >= 4 is 67.4 Å². The topological polar surface area (TPSA) is 0 Å². The lowest BCUT2D eigenvalue weighted by Gasteiger charge is -2.11. The van der Waals surface area contributed by atoms with Crippen molar-refractivity contribution in [3.05, 3.63) is 312 Å². The van der Waals surface area contributed by atoms with Crippen LogP contribution in [-0.4, -0.2) is 0 Å². The van der Waals surface area contributed by atoms with Crippen LogP contribution >= 0.6 is 46.2 Å². The van der Waals surface area contributed by atoms with Gasteiger partial charge in [0, 0.05) is 0 Å². The molecule has 0 aliphatic heterocycles. The van der Waals surface area contributed by atoms with Crippen molar-refractivity contribution in [1.82, 2.24) is 0 Å². The molecule has 0 radical (unpaired) electrons. The molecule has 12 rings (SSSR count). The summed E-state index contributed by atoms with van der Waals surface area (Å²) >= 11 is 0. The van der Waals surface area contributed by atoms with E-state index in [4.69, 9.17) is 0 Å². The van der Waals surface area contributed by atoms with Crippen molar-refractivity contribution < 1.29 is 0 Å². The predicted octanol–water partition coefficient (Wildman–Crippen LogP) is 32.6. The molecule has 0 aliphatic carbocycles. The normalized spacial score (nSPS) is 8.92. The molecule has 0 nitrogen and oxygen atoms in total. The van der Waals surface area contributed by atoms with Crippen molar-refractivity contribution in [3.63, 3.8) is 0 Å².